The summed E-state index contributed by atoms with van der Waals surface area (Å²) in [6.07, 6.45) is 0.906. The fraction of sp³-hybridized carbons (Fsp3) is 0.294. The van der Waals surface area contributed by atoms with Crippen LogP contribution >= 0.6 is 0 Å². The average Bonchev–Trinajstić information content (AvgIpc) is 2.41. The first-order chi connectivity index (χ1) is 9.10. The quantitative estimate of drug-likeness (QED) is 0.874. The standard InChI is InChI=1S/C17H20FN/c1-12-4-5-14(10-13(12)2)11-17(19-3)15-6-8-16(18)9-7-15/h4-10,17,19H,11H2,1-3H3. The summed E-state index contributed by atoms with van der Waals surface area (Å²) < 4.78 is 13.0. The van der Waals surface area contributed by atoms with Gasteiger partial charge in [-0.05, 0) is 61.7 Å². The summed E-state index contributed by atoms with van der Waals surface area (Å²) in [5.41, 5.74) is 5.03. The lowest BCUT2D eigenvalue weighted by Crippen LogP contribution is -2.18. The van der Waals surface area contributed by atoms with E-state index in [0.29, 0.717) is 0 Å². The van der Waals surface area contributed by atoms with E-state index in [0.717, 1.165) is 12.0 Å². The second kappa shape index (κ2) is 5.98. The van der Waals surface area contributed by atoms with Crippen LogP contribution in [0.2, 0.25) is 0 Å². The van der Waals surface area contributed by atoms with Crippen LogP contribution in [0.1, 0.15) is 28.3 Å². The van der Waals surface area contributed by atoms with Crippen LogP contribution in [0.15, 0.2) is 42.5 Å². The highest BCUT2D eigenvalue weighted by Gasteiger charge is 2.10. The summed E-state index contributed by atoms with van der Waals surface area (Å²) in [4.78, 5) is 0. The molecule has 100 valence electrons. The van der Waals surface area contributed by atoms with Gasteiger partial charge in [-0.15, -0.1) is 0 Å². The normalized spacial score (nSPS) is 12.4. The Balaban J connectivity index is 2.18. The van der Waals surface area contributed by atoms with Gasteiger partial charge < -0.3 is 5.32 Å². The molecule has 0 aliphatic heterocycles. The maximum atomic E-state index is 13.0. The Morgan fingerprint density at radius 2 is 1.68 bits per heavy atom. The largest absolute Gasteiger partial charge is 0.313 e. The molecule has 1 nitrogen and oxygen atoms in total. The molecule has 0 saturated heterocycles. The third kappa shape index (κ3) is 3.42. The van der Waals surface area contributed by atoms with Crippen LogP contribution in [0.3, 0.4) is 0 Å². The highest BCUT2D eigenvalue weighted by Crippen LogP contribution is 2.20. The van der Waals surface area contributed by atoms with Crippen LogP contribution in [0.4, 0.5) is 4.39 Å². The molecule has 0 aliphatic rings. The smallest absolute Gasteiger partial charge is 0.123 e. The van der Waals surface area contributed by atoms with Crippen LogP contribution in [-0.2, 0) is 6.42 Å². The van der Waals surface area contributed by atoms with Gasteiger partial charge in [0.05, 0.1) is 0 Å². The van der Waals surface area contributed by atoms with Crippen molar-refractivity contribution in [1.29, 1.82) is 0 Å². The summed E-state index contributed by atoms with van der Waals surface area (Å²) in [7, 11) is 1.94. The van der Waals surface area contributed by atoms with Crippen LogP contribution in [-0.4, -0.2) is 7.05 Å². The molecule has 0 aromatic heterocycles. The van der Waals surface area contributed by atoms with Crippen molar-refractivity contribution in [1.82, 2.24) is 5.32 Å². The Morgan fingerprint density at radius 1 is 1.00 bits per heavy atom. The molecule has 0 radical (unpaired) electrons. The molecule has 2 aromatic rings. The van der Waals surface area contributed by atoms with Gasteiger partial charge >= 0.3 is 0 Å². The van der Waals surface area contributed by atoms with E-state index in [2.05, 4.69) is 37.4 Å². The topological polar surface area (TPSA) is 12.0 Å². The zero-order chi connectivity index (χ0) is 13.8. The van der Waals surface area contributed by atoms with Crippen molar-refractivity contribution >= 4 is 0 Å². The van der Waals surface area contributed by atoms with Crippen molar-refractivity contribution in [2.45, 2.75) is 26.3 Å². The fourth-order valence-corrected chi connectivity index (χ4v) is 2.25. The molecule has 1 atom stereocenters. The maximum Gasteiger partial charge on any atom is 0.123 e. The number of nitrogens with one attached hydrogen (secondary N) is 1. The molecule has 0 heterocycles. The molecular formula is C17H20FN. The minimum absolute atomic E-state index is 0.190. The Hall–Kier alpha value is -1.67. The van der Waals surface area contributed by atoms with E-state index >= 15 is 0 Å². The third-order valence-corrected chi connectivity index (χ3v) is 3.63. The van der Waals surface area contributed by atoms with Crippen LogP contribution in [0.25, 0.3) is 0 Å². The fourth-order valence-electron chi connectivity index (χ4n) is 2.25. The van der Waals surface area contributed by atoms with Crippen molar-refractivity contribution in [3.8, 4) is 0 Å². The van der Waals surface area contributed by atoms with Crippen molar-refractivity contribution in [2.24, 2.45) is 0 Å². The predicted molar refractivity (Wildman–Crippen MR) is 77.8 cm³/mol. The van der Waals surface area contributed by atoms with Gasteiger partial charge in [0.2, 0.25) is 0 Å². The molecule has 0 fully saturated rings. The lowest BCUT2D eigenvalue weighted by atomic mass is 9.96. The second-order valence-corrected chi connectivity index (χ2v) is 5.02. The minimum Gasteiger partial charge on any atom is -0.313 e. The van der Waals surface area contributed by atoms with Gasteiger partial charge in [-0.25, -0.2) is 4.39 Å². The van der Waals surface area contributed by atoms with E-state index in [1.165, 1.54) is 28.8 Å². The molecular weight excluding hydrogens is 237 g/mol. The molecule has 2 rings (SSSR count). The lowest BCUT2D eigenvalue weighted by Gasteiger charge is -2.17. The van der Waals surface area contributed by atoms with Gasteiger partial charge in [-0.1, -0.05) is 30.3 Å². The van der Waals surface area contributed by atoms with Crippen LogP contribution < -0.4 is 5.32 Å². The van der Waals surface area contributed by atoms with Gasteiger partial charge in [0.25, 0.3) is 0 Å². The third-order valence-electron chi connectivity index (χ3n) is 3.63. The van der Waals surface area contributed by atoms with Crippen LogP contribution in [0, 0.1) is 19.7 Å². The number of hydrogen-bond donors (Lipinski definition) is 1. The molecule has 2 aromatic carbocycles. The minimum atomic E-state index is -0.190. The van der Waals surface area contributed by atoms with Crippen molar-refractivity contribution in [3.05, 3.63) is 70.5 Å². The SMILES string of the molecule is CNC(Cc1ccc(C)c(C)c1)c1ccc(F)cc1. The Kier molecular flexibility index (Phi) is 4.33. The number of halogens is 1. The first-order valence-electron chi connectivity index (χ1n) is 6.59. The van der Waals surface area contributed by atoms with Crippen molar-refractivity contribution < 1.29 is 4.39 Å². The summed E-state index contributed by atoms with van der Waals surface area (Å²) in [6, 6.07) is 13.5. The Bertz CT molecular complexity index is 546. The molecule has 19 heavy (non-hydrogen) atoms. The van der Waals surface area contributed by atoms with E-state index in [-0.39, 0.29) is 11.9 Å². The first-order valence-corrected chi connectivity index (χ1v) is 6.59. The molecule has 1 N–H and O–H groups in total. The number of aryl methyl sites for hydroxylation is 2. The van der Waals surface area contributed by atoms with Gasteiger partial charge in [0, 0.05) is 6.04 Å². The monoisotopic (exact) mass is 257 g/mol. The van der Waals surface area contributed by atoms with Gasteiger partial charge in [-0.3, -0.25) is 0 Å². The van der Waals surface area contributed by atoms with Crippen molar-refractivity contribution in [2.75, 3.05) is 7.05 Å². The van der Waals surface area contributed by atoms with Gasteiger partial charge in [0.1, 0.15) is 5.82 Å². The molecule has 0 bridgehead atoms. The summed E-state index contributed by atoms with van der Waals surface area (Å²) >= 11 is 0. The Morgan fingerprint density at radius 3 is 2.26 bits per heavy atom. The van der Waals surface area contributed by atoms with E-state index < -0.39 is 0 Å². The predicted octanol–water partition coefficient (Wildman–Crippen LogP) is 3.95. The highest BCUT2D eigenvalue weighted by molar-refractivity contribution is 5.31. The number of likely N-dealkylation sites (N-methyl/N-ethyl adjacent to an activating group) is 1. The summed E-state index contributed by atoms with van der Waals surface area (Å²) in [5.74, 6) is -0.190. The first kappa shape index (κ1) is 13.8. The Labute approximate surface area is 114 Å². The van der Waals surface area contributed by atoms with E-state index in [1.807, 2.05) is 19.2 Å². The highest BCUT2D eigenvalue weighted by atomic mass is 19.1. The lowest BCUT2D eigenvalue weighted by molar-refractivity contribution is 0.585. The molecule has 0 aliphatic carbocycles. The number of hydrogen-bond acceptors (Lipinski definition) is 1. The maximum absolute atomic E-state index is 13.0. The summed E-state index contributed by atoms with van der Waals surface area (Å²) in [6.45, 7) is 4.25. The van der Waals surface area contributed by atoms with E-state index in [4.69, 9.17) is 0 Å². The summed E-state index contributed by atoms with van der Waals surface area (Å²) in [5, 5.41) is 3.30. The van der Waals surface area contributed by atoms with Crippen LogP contribution in [0.5, 0.6) is 0 Å². The molecule has 1 unspecified atom stereocenters. The van der Waals surface area contributed by atoms with Gasteiger partial charge in [0.15, 0.2) is 0 Å². The number of rotatable bonds is 4. The molecule has 0 spiro atoms. The zero-order valence-electron chi connectivity index (χ0n) is 11.7. The van der Waals surface area contributed by atoms with Crippen molar-refractivity contribution in [3.63, 3.8) is 0 Å². The molecule has 0 saturated carbocycles. The van der Waals surface area contributed by atoms with E-state index in [9.17, 15) is 4.39 Å². The second-order valence-electron chi connectivity index (χ2n) is 5.02. The molecule has 2 heteroatoms. The number of benzene rings is 2. The van der Waals surface area contributed by atoms with Gasteiger partial charge in [-0.2, -0.15) is 0 Å². The van der Waals surface area contributed by atoms with E-state index in [1.54, 1.807) is 0 Å². The average molecular weight is 257 g/mol. The zero-order valence-corrected chi connectivity index (χ0v) is 11.7. The molecule has 0 amide bonds.